The van der Waals surface area contributed by atoms with Crippen LogP contribution in [0.3, 0.4) is 0 Å². The minimum Gasteiger partial charge on any atom is -0.355 e. The van der Waals surface area contributed by atoms with Gasteiger partial charge in [-0.15, -0.1) is 15.3 Å². The molecule has 1 N–H and O–H groups in total. The summed E-state index contributed by atoms with van der Waals surface area (Å²) in [6, 6.07) is 10.2. The van der Waals surface area contributed by atoms with E-state index in [1.54, 1.807) is 12.1 Å². The molecule has 4 rings (SSSR count). The number of anilines is 1. The van der Waals surface area contributed by atoms with Crippen LogP contribution < -0.4 is 10.2 Å². The van der Waals surface area contributed by atoms with Gasteiger partial charge in [0.1, 0.15) is 5.82 Å². The van der Waals surface area contributed by atoms with E-state index in [0.717, 1.165) is 5.56 Å². The first-order chi connectivity index (χ1) is 14.7. The minimum atomic E-state index is -4.64. The van der Waals surface area contributed by atoms with Crippen LogP contribution in [-0.2, 0) is 11.0 Å². The molecule has 7 nitrogen and oxygen atoms in total. The molecule has 3 heterocycles. The Labute approximate surface area is 181 Å². The normalized spacial score (nSPS) is 16.5. The number of piperidine rings is 1. The third-order valence-electron chi connectivity index (χ3n) is 5.42. The fraction of sp³-hybridized carbons (Fsp3) is 0.400. The highest BCUT2D eigenvalue weighted by Gasteiger charge is 2.38. The van der Waals surface area contributed by atoms with Crippen molar-refractivity contribution in [3.63, 3.8) is 0 Å². The summed E-state index contributed by atoms with van der Waals surface area (Å²) in [4.78, 5) is 14.6. The van der Waals surface area contributed by atoms with Crippen LogP contribution >= 0.6 is 11.6 Å². The average molecular weight is 453 g/mol. The van der Waals surface area contributed by atoms with E-state index in [2.05, 4.69) is 20.6 Å². The lowest BCUT2D eigenvalue weighted by molar-refractivity contribution is -0.146. The van der Waals surface area contributed by atoms with Crippen LogP contribution in [0.15, 0.2) is 36.4 Å². The maximum absolute atomic E-state index is 13.1. The van der Waals surface area contributed by atoms with Gasteiger partial charge < -0.3 is 10.2 Å². The number of carbonyl (C=O) groups excluding carboxylic acids is 1. The number of fused-ring (bicyclic) bond motifs is 1. The second kappa shape index (κ2) is 8.33. The van der Waals surface area contributed by atoms with Gasteiger partial charge in [0.15, 0.2) is 5.65 Å². The van der Waals surface area contributed by atoms with Crippen molar-refractivity contribution < 1.29 is 18.0 Å². The molecule has 3 aromatic rings. The van der Waals surface area contributed by atoms with Gasteiger partial charge in [0.05, 0.1) is 6.04 Å². The first kappa shape index (κ1) is 21.4. The highest BCUT2D eigenvalue weighted by molar-refractivity contribution is 6.31. The van der Waals surface area contributed by atoms with E-state index in [4.69, 9.17) is 11.6 Å². The Morgan fingerprint density at radius 1 is 1.16 bits per heavy atom. The topological polar surface area (TPSA) is 75.4 Å². The van der Waals surface area contributed by atoms with Crippen molar-refractivity contribution in [1.82, 2.24) is 25.1 Å². The van der Waals surface area contributed by atoms with Crippen LogP contribution in [-0.4, -0.2) is 38.8 Å². The third kappa shape index (κ3) is 4.43. The smallest absolute Gasteiger partial charge is 0.355 e. The lowest BCUT2D eigenvalue weighted by Gasteiger charge is -2.32. The molecule has 11 heteroatoms. The molecule has 1 aliphatic rings. The van der Waals surface area contributed by atoms with Crippen molar-refractivity contribution in [3.05, 3.63) is 52.8 Å². The summed E-state index contributed by atoms with van der Waals surface area (Å²) in [5.74, 6) is -1.02. The van der Waals surface area contributed by atoms with Crippen LogP contribution in [0.4, 0.5) is 19.0 Å². The fourth-order valence-electron chi connectivity index (χ4n) is 3.73. The predicted octanol–water partition coefficient (Wildman–Crippen LogP) is 3.89. The van der Waals surface area contributed by atoms with Crippen molar-refractivity contribution in [2.75, 3.05) is 18.0 Å². The Bertz CT molecular complexity index is 1090. The molecule has 1 unspecified atom stereocenters. The number of hydrogen-bond acceptors (Lipinski definition) is 5. The standard InChI is InChI=1S/C20H20ClF3N6O/c1-12(14-4-2-3-5-15(14)21)25-18(31)13-8-10-29(11-9-13)17-7-6-16-26-27-19(20(22,23)24)30(16)28-17/h2-7,12-13H,8-11H2,1H3,(H,25,31). The summed E-state index contributed by atoms with van der Waals surface area (Å²) in [7, 11) is 0. The zero-order valence-corrected chi connectivity index (χ0v) is 17.4. The maximum Gasteiger partial charge on any atom is 0.453 e. The molecule has 2 aromatic heterocycles. The molecule has 0 radical (unpaired) electrons. The first-order valence-electron chi connectivity index (χ1n) is 9.83. The van der Waals surface area contributed by atoms with E-state index in [1.165, 1.54) is 6.07 Å². The molecule has 1 aliphatic heterocycles. The SMILES string of the molecule is CC(NC(=O)C1CCN(c2ccc3nnc(C(F)(F)F)n3n2)CC1)c1ccccc1Cl. The number of alkyl halides is 3. The van der Waals surface area contributed by atoms with E-state index in [9.17, 15) is 18.0 Å². The van der Waals surface area contributed by atoms with Gasteiger partial charge in [-0.25, -0.2) is 0 Å². The molecule has 0 aliphatic carbocycles. The molecule has 1 saturated heterocycles. The Balaban J connectivity index is 1.40. The number of benzene rings is 1. The predicted molar refractivity (Wildman–Crippen MR) is 109 cm³/mol. The zero-order chi connectivity index (χ0) is 22.2. The van der Waals surface area contributed by atoms with Crippen molar-refractivity contribution in [2.45, 2.75) is 32.0 Å². The molecule has 0 saturated carbocycles. The van der Waals surface area contributed by atoms with E-state index in [-0.39, 0.29) is 23.5 Å². The monoisotopic (exact) mass is 452 g/mol. The van der Waals surface area contributed by atoms with Crippen LogP contribution in [0.5, 0.6) is 0 Å². The van der Waals surface area contributed by atoms with Crippen LogP contribution in [0.2, 0.25) is 5.02 Å². The summed E-state index contributed by atoms with van der Waals surface area (Å²) in [5, 5.41) is 14.4. The number of carbonyl (C=O) groups is 1. The molecule has 0 bridgehead atoms. The molecule has 1 amide bonds. The number of halogens is 4. The van der Waals surface area contributed by atoms with E-state index >= 15 is 0 Å². The molecule has 1 aromatic carbocycles. The quantitative estimate of drug-likeness (QED) is 0.650. The average Bonchev–Trinajstić information content (AvgIpc) is 3.18. The highest BCUT2D eigenvalue weighted by atomic mass is 35.5. The summed E-state index contributed by atoms with van der Waals surface area (Å²) in [6.07, 6.45) is -3.52. The number of aromatic nitrogens is 4. The number of rotatable bonds is 4. The van der Waals surface area contributed by atoms with Gasteiger partial charge >= 0.3 is 6.18 Å². The molecule has 1 atom stereocenters. The second-order valence-corrected chi connectivity index (χ2v) is 7.90. The minimum absolute atomic E-state index is 0.0268. The number of nitrogens with zero attached hydrogens (tertiary/aromatic N) is 5. The maximum atomic E-state index is 13.1. The number of amides is 1. The second-order valence-electron chi connectivity index (χ2n) is 7.50. The van der Waals surface area contributed by atoms with Crippen LogP contribution in [0.25, 0.3) is 5.65 Å². The van der Waals surface area contributed by atoms with E-state index in [1.807, 2.05) is 30.0 Å². The molecule has 31 heavy (non-hydrogen) atoms. The summed E-state index contributed by atoms with van der Waals surface area (Å²) < 4.78 is 40.0. The van der Waals surface area contributed by atoms with Gasteiger partial charge in [-0.05, 0) is 43.5 Å². The highest BCUT2D eigenvalue weighted by Crippen LogP contribution is 2.29. The Kier molecular flexibility index (Phi) is 5.74. The fourth-order valence-corrected chi connectivity index (χ4v) is 4.03. The molecule has 0 spiro atoms. The van der Waals surface area contributed by atoms with Crippen molar-refractivity contribution in [3.8, 4) is 0 Å². The van der Waals surface area contributed by atoms with Crippen molar-refractivity contribution in [1.29, 1.82) is 0 Å². The van der Waals surface area contributed by atoms with Crippen LogP contribution in [0, 0.1) is 5.92 Å². The van der Waals surface area contributed by atoms with Crippen molar-refractivity contribution >= 4 is 29.0 Å². The Morgan fingerprint density at radius 3 is 2.55 bits per heavy atom. The van der Waals surface area contributed by atoms with Gasteiger partial charge in [0, 0.05) is 24.0 Å². The molecule has 1 fully saturated rings. The van der Waals surface area contributed by atoms with Crippen LogP contribution in [0.1, 0.15) is 37.2 Å². The first-order valence-corrected chi connectivity index (χ1v) is 10.2. The number of nitrogens with one attached hydrogen (secondary N) is 1. The van der Waals surface area contributed by atoms with E-state index in [0.29, 0.717) is 41.3 Å². The lowest BCUT2D eigenvalue weighted by Crippen LogP contribution is -2.41. The number of hydrogen-bond donors (Lipinski definition) is 1. The van der Waals surface area contributed by atoms with Gasteiger partial charge in [0.2, 0.25) is 5.91 Å². The van der Waals surface area contributed by atoms with Gasteiger partial charge in [0.25, 0.3) is 5.82 Å². The lowest BCUT2D eigenvalue weighted by atomic mass is 9.95. The summed E-state index contributed by atoms with van der Waals surface area (Å²) in [5.41, 5.74) is 0.876. The van der Waals surface area contributed by atoms with Gasteiger partial charge in [-0.1, -0.05) is 29.8 Å². The molecular weight excluding hydrogens is 433 g/mol. The van der Waals surface area contributed by atoms with Gasteiger partial charge in [-0.2, -0.15) is 17.7 Å². The summed E-state index contributed by atoms with van der Waals surface area (Å²) >= 11 is 6.20. The largest absolute Gasteiger partial charge is 0.453 e. The van der Waals surface area contributed by atoms with Gasteiger partial charge in [-0.3, -0.25) is 4.79 Å². The Hall–Kier alpha value is -2.88. The molecule has 164 valence electrons. The van der Waals surface area contributed by atoms with Crippen molar-refractivity contribution in [2.24, 2.45) is 5.92 Å². The van der Waals surface area contributed by atoms with E-state index < -0.39 is 12.0 Å². The third-order valence-corrected chi connectivity index (χ3v) is 5.77. The Morgan fingerprint density at radius 2 is 1.87 bits per heavy atom. The molecular formula is C20H20ClF3N6O. The zero-order valence-electron chi connectivity index (χ0n) is 16.6. The summed E-state index contributed by atoms with van der Waals surface area (Å²) in [6.45, 7) is 2.88.